The van der Waals surface area contributed by atoms with Gasteiger partial charge in [0.25, 0.3) is 0 Å². The SMILES string of the molecule is CC(C)(C)C1CCN(C(=O)Cc2ccc(C(N)=S)cc2)C1. The average Bonchev–Trinajstić information content (AvgIpc) is 2.88. The largest absolute Gasteiger partial charge is 0.389 e. The smallest absolute Gasteiger partial charge is 0.226 e. The van der Waals surface area contributed by atoms with Crippen molar-refractivity contribution in [1.29, 1.82) is 0 Å². The Morgan fingerprint density at radius 3 is 2.43 bits per heavy atom. The van der Waals surface area contributed by atoms with Crippen molar-refractivity contribution in [3.63, 3.8) is 0 Å². The van der Waals surface area contributed by atoms with Crippen LogP contribution in [0.5, 0.6) is 0 Å². The predicted octanol–water partition coefficient (Wildman–Crippen LogP) is 2.76. The molecule has 0 aliphatic carbocycles. The fourth-order valence-corrected chi connectivity index (χ4v) is 2.90. The maximum absolute atomic E-state index is 12.4. The molecule has 1 aromatic carbocycles. The molecule has 1 fully saturated rings. The van der Waals surface area contributed by atoms with E-state index >= 15 is 0 Å². The zero-order valence-electron chi connectivity index (χ0n) is 13.1. The lowest BCUT2D eigenvalue weighted by atomic mass is 9.80. The van der Waals surface area contributed by atoms with Gasteiger partial charge in [-0.2, -0.15) is 0 Å². The van der Waals surface area contributed by atoms with Crippen LogP contribution in [-0.2, 0) is 11.2 Å². The number of hydrogen-bond acceptors (Lipinski definition) is 2. The monoisotopic (exact) mass is 304 g/mol. The number of likely N-dealkylation sites (tertiary alicyclic amines) is 1. The summed E-state index contributed by atoms with van der Waals surface area (Å²) in [5.41, 5.74) is 7.70. The van der Waals surface area contributed by atoms with E-state index in [1.54, 1.807) is 0 Å². The van der Waals surface area contributed by atoms with Crippen molar-refractivity contribution in [2.45, 2.75) is 33.6 Å². The molecule has 1 atom stereocenters. The van der Waals surface area contributed by atoms with Gasteiger partial charge in [-0.15, -0.1) is 0 Å². The summed E-state index contributed by atoms with van der Waals surface area (Å²) in [4.78, 5) is 14.8. The van der Waals surface area contributed by atoms with Gasteiger partial charge in [0, 0.05) is 18.7 Å². The molecule has 0 saturated carbocycles. The van der Waals surface area contributed by atoms with Crippen molar-refractivity contribution in [2.24, 2.45) is 17.1 Å². The van der Waals surface area contributed by atoms with E-state index in [2.05, 4.69) is 20.8 Å². The lowest BCUT2D eigenvalue weighted by Crippen LogP contribution is -2.32. The van der Waals surface area contributed by atoms with Gasteiger partial charge in [-0.25, -0.2) is 0 Å². The molecule has 2 N–H and O–H groups in total. The summed E-state index contributed by atoms with van der Waals surface area (Å²) in [5, 5.41) is 0. The van der Waals surface area contributed by atoms with Crippen molar-refractivity contribution in [2.75, 3.05) is 13.1 Å². The van der Waals surface area contributed by atoms with Crippen LogP contribution in [0.1, 0.15) is 38.3 Å². The van der Waals surface area contributed by atoms with Crippen LogP contribution in [-0.4, -0.2) is 28.9 Å². The number of nitrogens with zero attached hydrogens (tertiary/aromatic N) is 1. The third kappa shape index (κ3) is 4.03. The van der Waals surface area contributed by atoms with Gasteiger partial charge in [0.2, 0.25) is 5.91 Å². The van der Waals surface area contributed by atoms with Crippen molar-refractivity contribution >= 4 is 23.1 Å². The minimum absolute atomic E-state index is 0.213. The summed E-state index contributed by atoms with van der Waals surface area (Å²) in [6.45, 7) is 8.51. The number of rotatable bonds is 3. The molecule has 1 amide bonds. The number of benzene rings is 1. The highest BCUT2D eigenvalue weighted by Crippen LogP contribution is 2.33. The minimum atomic E-state index is 0.213. The van der Waals surface area contributed by atoms with Gasteiger partial charge in [-0.05, 0) is 23.3 Å². The van der Waals surface area contributed by atoms with Crippen LogP contribution < -0.4 is 5.73 Å². The average molecular weight is 304 g/mol. The quantitative estimate of drug-likeness (QED) is 0.874. The highest BCUT2D eigenvalue weighted by Gasteiger charge is 2.33. The minimum Gasteiger partial charge on any atom is -0.389 e. The molecule has 1 saturated heterocycles. The Kier molecular flexibility index (Phi) is 4.67. The molecule has 1 aliphatic rings. The van der Waals surface area contributed by atoms with Gasteiger partial charge < -0.3 is 10.6 Å². The summed E-state index contributed by atoms with van der Waals surface area (Å²) >= 11 is 4.93. The molecule has 1 aliphatic heterocycles. The van der Waals surface area contributed by atoms with E-state index < -0.39 is 0 Å². The number of nitrogens with two attached hydrogens (primary N) is 1. The molecule has 0 aromatic heterocycles. The second-order valence-corrected chi connectivity index (χ2v) is 7.37. The molecule has 2 rings (SSSR count). The van der Waals surface area contributed by atoms with Crippen molar-refractivity contribution < 1.29 is 4.79 Å². The molecule has 1 aromatic rings. The van der Waals surface area contributed by atoms with Crippen LogP contribution in [0.15, 0.2) is 24.3 Å². The molecular formula is C17H24N2OS. The molecule has 0 spiro atoms. The fraction of sp³-hybridized carbons (Fsp3) is 0.529. The first-order valence-corrected chi connectivity index (χ1v) is 7.84. The van der Waals surface area contributed by atoms with Gasteiger partial charge in [0.05, 0.1) is 6.42 Å². The molecule has 0 radical (unpaired) electrons. The lowest BCUT2D eigenvalue weighted by Gasteiger charge is -2.27. The Labute approximate surface area is 132 Å². The normalized spacial score (nSPS) is 18.8. The Morgan fingerprint density at radius 2 is 1.95 bits per heavy atom. The third-order valence-electron chi connectivity index (χ3n) is 4.36. The van der Waals surface area contributed by atoms with E-state index in [1.807, 2.05) is 29.2 Å². The van der Waals surface area contributed by atoms with Gasteiger partial charge >= 0.3 is 0 Å². The first kappa shape index (κ1) is 16.0. The molecular weight excluding hydrogens is 280 g/mol. The maximum Gasteiger partial charge on any atom is 0.226 e. The zero-order valence-corrected chi connectivity index (χ0v) is 13.9. The van der Waals surface area contributed by atoms with Crippen LogP contribution in [0.3, 0.4) is 0 Å². The maximum atomic E-state index is 12.4. The van der Waals surface area contributed by atoms with Gasteiger partial charge in [-0.1, -0.05) is 57.3 Å². The van der Waals surface area contributed by atoms with Crippen molar-refractivity contribution in [1.82, 2.24) is 4.90 Å². The topological polar surface area (TPSA) is 46.3 Å². The highest BCUT2D eigenvalue weighted by atomic mass is 32.1. The van der Waals surface area contributed by atoms with E-state index in [1.165, 1.54) is 0 Å². The van der Waals surface area contributed by atoms with E-state index in [0.29, 0.717) is 17.3 Å². The predicted molar refractivity (Wildman–Crippen MR) is 90.2 cm³/mol. The lowest BCUT2D eigenvalue weighted by molar-refractivity contribution is -0.129. The van der Waals surface area contributed by atoms with E-state index in [9.17, 15) is 4.79 Å². The summed E-state index contributed by atoms with van der Waals surface area (Å²) in [6, 6.07) is 7.63. The summed E-state index contributed by atoms with van der Waals surface area (Å²) < 4.78 is 0. The number of hydrogen-bond donors (Lipinski definition) is 1. The standard InChI is InChI=1S/C17H24N2OS/c1-17(2,3)14-8-9-19(11-14)15(20)10-12-4-6-13(7-5-12)16(18)21/h4-7,14H,8-11H2,1-3H3,(H2,18,21). The number of carbonyl (C=O) groups excluding carboxylic acids is 1. The Hall–Kier alpha value is -1.42. The summed E-state index contributed by atoms with van der Waals surface area (Å²) in [5.74, 6) is 0.809. The van der Waals surface area contributed by atoms with Crippen LogP contribution in [0.4, 0.5) is 0 Å². The van der Waals surface area contributed by atoms with E-state index in [0.717, 1.165) is 30.6 Å². The number of amides is 1. The Bertz CT molecular complexity index is 531. The molecule has 114 valence electrons. The molecule has 4 heteroatoms. The zero-order chi connectivity index (χ0) is 15.6. The van der Waals surface area contributed by atoms with Crippen LogP contribution in [0, 0.1) is 11.3 Å². The van der Waals surface area contributed by atoms with Gasteiger partial charge in [0.15, 0.2) is 0 Å². The Morgan fingerprint density at radius 1 is 1.33 bits per heavy atom. The summed E-state index contributed by atoms with van der Waals surface area (Å²) in [7, 11) is 0. The van der Waals surface area contributed by atoms with E-state index in [4.69, 9.17) is 18.0 Å². The first-order chi connectivity index (χ1) is 9.77. The van der Waals surface area contributed by atoms with Crippen LogP contribution >= 0.6 is 12.2 Å². The van der Waals surface area contributed by atoms with Crippen LogP contribution in [0.25, 0.3) is 0 Å². The van der Waals surface area contributed by atoms with Crippen molar-refractivity contribution in [3.8, 4) is 0 Å². The first-order valence-electron chi connectivity index (χ1n) is 7.44. The van der Waals surface area contributed by atoms with Gasteiger partial charge in [0.1, 0.15) is 4.99 Å². The van der Waals surface area contributed by atoms with Crippen LogP contribution in [0.2, 0.25) is 0 Å². The third-order valence-corrected chi connectivity index (χ3v) is 4.60. The van der Waals surface area contributed by atoms with E-state index in [-0.39, 0.29) is 11.3 Å². The summed E-state index contributed by atoms with van der Waals surface area (Å²) in [6.07, 6.45) is 1.56. The number of carbonyl (C=O) groups is 1. The second kappa shape index (κ2) is 6.14. The van der Waals surface area contributed by atoms with Gasteiger partial charge in [-0.3, -0.25) is 4.79 Å². The second-order valence-electron chi connectivity index (χ2n) is 6.93. The molecule has 3 nitrogen and oxygen atoms in total. The number of thiocarbonyl (C=S) groups is 1. The molecule has 21 heavy (non-hydrogen) atoms. The molecule has 1 unspecified atom stereocenters. The van der Waals surface area contributed by atoms with Crippen molar-refractivity contribution in [3.05, 3.63) is 35.4 Å². The highest BCUT2D eigenvalue weighted by molar-refractivity contribution is 7.80. The molecule has 1 heterocycles. The molecule has 0 bridgehead atoms. The Balaban J connectivity index is 1.95. The fourth-order valence-electron chi connectivity index (χ4n) is 2.77.